The first-order chi connectivity index (χ1) is 12.6. The van der Waals surface area contributed by atoms with Crippen molar-refractivity contribution in [3.05, 3.63) is 65.7 Å². The number of rotatable bonds is 7. The molecular weight excluding hydrogens is 332 g/mol. The molecule has 0 radical (unpaired) electrons. The van der Waals surface area contributed by atoms with Gasteiger partial charge in [0.05, 0.1) is 6.61 Å². The molecule has 0 unspecified atom stereocenters. The van der Waals surface area contributed by atoms with Crippen molar-refractivity contribution in [1.29, 1.82) is 0 Å². The lowest BCUT2D eigenvalue weighted by atomic mass is 10.1. The molecule has 2 rings (SSSR count). The molecule has 0 aromatic heterocycles. The standard InChI is InChI=1S/C20H22N2O4/c1-15-5-3-6-16(13-15)9-10-19(23)21-17-7-4-8-18(14-17)22-20(24)26-12-11-25-2/h3-10,13-14H,11-12H2,1-2H3,(H,21,23)(H,22,24). The third kappa shape index (κ3) is 6.78. The Labute approximate surface area is 152 Å². The minimum absolute atomic E-state index is 0.169. The van der Waals surface area contributed by atoms with Crippen LogP contribution in [0.4, 0.5) is 16.2 Å². The second-order valence-electron chi connectivity index (χ2n) is 5.57. The SMILES string of the molecule is COCCOC(=O)Nc1cccc(NC(=O)C=Cc2cccc(C)c2)c1. The Hall–Kier alpha value is -3.12. The number of carbonyl (C=O) groups excluding carboxylic acids is 2. The molecule has 6 nitrogen and oxygen atoms in total. The summed E-state index contributed by atoms with van der Waals surface area (Å²) in [5, 5.41) is 5.35. The van der Waals surface area contributed by atoms with Crippen molar-refractivity contribution < 1.29 is 19.1 Å². The fraction of sp³-hybridized carbons (Fsp3) is 0.200. The first-order valence-electron chi connectivity index (χ1n) is 8.15. The topological polar surface area (TPSA) is 76.7 Å². The lowest BCUT2D eigenvalue weighted by Gasteiger charge is -2.08. The van der Waals surface area contributed by atoms with Crippen LogP contribution in [0.1, 0.15) is 11.1 Å². The number of methoxy groups -OCH3 is 1. The van der Waals surface area contributed by atoms with Crippen LogP contribution in [0.3, 0.4) is 0 Å². The first-order valence-corrected chi connectivity index (χ1v) is 8.15. The fourth-order valence-electron chi connectivity index (χ4n) is 2.18. The van der Waals surface area contributed by atoms with E-state index in [0.717, 1.165) is 11.1 Å². The van der Waals surface area contributed by atoms with Crippen LogP contribution in [0, 0.1) is 6.92 Å². The maximum Gasteiger partial charge on any atom is 0.411 e. The van der Waals surface area contributed by atoms with Gasteiger partial charge in [0.25, 0.3) is 0 Å². The molecule has 0 aliphatic carbocycles. The zero-order valence-corrected chi connectivity index (χ0v) is 14.8. The van der Waals surface area contributed by atoms with Gasteiger partial charge in [0.15, 0.2) is 0 Å². The fourth-order valence-corrected chi connectivity index (χ4v) is 2.18. The van der Waals surface area contributed by atoms with Crippen LogP contribution in [0.15, 0.2) is 54.6 Å². The highest BCUT2D eigenvalue weighted by Crippen LogP contribution is 2.15. The van der Waals surface area contributed by atoms with Crippen LogP contribution in [-0.2, 0) is 14.3 Å². The molecule has 0 spiro atoms. The van der Waals surface area contributed by atoms with Crippen molar-refractivity contribution in [2.24, 2.45) is 0 Å². The van der Waals surface area contributed by atoms with Crippen LogP contribution in [0.25, 0.3) is 6.08 Å². The zero-order chi connectivity index (χ0) is 18.8. The number of aryl methyl sites for hydroxylation is 1. The number of carbonyl (C=O) groups is 2. The molecule has 0 aliphatic rings. The Kier molecular flexibility index (Phi) is 7.39. The minimum Gasteiger partial charge on any atom is -0.447 e. The van der Waals surface area contributed by atoms with Gasteiger partial charge in [-0.2, -0.15) is 0 Å². The molecule has 0 aliphatic heterocycles. The second kappa shape index (κ2) is 10.0. The summed E-state index contributed by atoms with van der Waals surface area (Å²) in [6.45, 7) is 2.50. The van der Waals surface area contributed by atoms with Gasteiger partial charge in [-0.05, 0) is 36.8 Å². The largest absolute Gasteiger partial charge is 0.447 e. The predicted octanol–water partition coefficient (Wildman–Crippen LogP) is 3.84. The van der Waals surface area contributed by atoms with Gasteiger partial charge in [-0.15, -0.1) is 0 Å². The van der Waals surface area contributed by atoms with E-state index in [9.17, 15) is 9.59 Å². The molecule has 0 saturated carbocycles. The van der Waals surface area contributed by atoms with Gasteiger partial charge in [0.2, 0.25) is 5.91 Å². The van der Waals surface area contributed by atoms with Crippen LogP contribution in [0.2, 0.25) is 0 Å². The maximum atomic E-state index is 12.1. The van der Waals surface area contributed by atoms with Crippen LogP contribution in [-0.4, -0.2) is 32.3 Å². The molecule has 0 atom stereocenters. The number of hydrogen-bond donors (Lipinski definition) is 2. The molecule has 2 N–H and O–H groups in total. The van der Waals surface area contributed by atoms with E-state index in [1.165, 1.54) is 13.2 Å². The van der Waals surface area contributed by atoms with Crippen LogP contribution in [0.5, 0.6) is 0 Å². The number of ether oxygens (including phenoxy) is 2. The third-order valence-electron chi connectivity index (χ3n) is 3.37. The normalized spacial score (nSPS) is 10.5. The lowest BCUT2D eigenvalue weighted by molar-refractivity contribution is -0.111. The van der Waals surface area contributed by atoms with E-state index < -0.39 is 6.09 Å². The summed E-state index contributed by atoms with van der Waals surface area (Å²) in [6, 6.07) is 14.7. The number of amides is 2. The van der Waals surface area contributed by atoms with Crippen LogP contribution >= 0.6 is 0 Å². The molecule has 0 bridgehead atoms. The van der Waals surface area contributed by atoms with Gasteiger partial charge in [-0.3, -0.25) is 10.1 Å². The predicted molar refractivity (Wildman–Crippen MR) is 102 cm³/mol. The van der Waals surface area contributed by atoms with Gasteiger partial charge in [0, 0.05) is 24.6 Å². The molecule has 2 aromatic carbocycles. The van der Waals surface area contributed by atoms with E-state index >= 15 is 0 Å². The minimum atomic E-state index is -0.579. The molecule has 2 aromatic rings. The van der Waals surface area contributed by atoms with Crippen molar-refractivity contribution in [1.82, 2.24) is 0 Å². The van der Waals surface area contributed by atoms with Gasteiger partial charge in [-0.25, -0.2) is 4.79 Å². The summed E-state index contributed by atoms with van der Waals surface area (Å²) in [7, 11) is 1.53. The molecule has 26 heavy (non-hydrogen) atoms. The maximum absolute atomic E-state index is 12.1. The Morgan fingerprint density at radius 1 is 1.00 bits per heavy atom. The molecule has 2 amide bonds. The smallest absolute Gasteiger partial charge is 0.411 e. The third-order valence-corrected chi connectivity index (χ3v) is 3.37. The molecule has 0 fully saturated rings. The van der Waals surface area contributed by atoms with Gasteiger partial charge >= 0.3 is 6.09 Å². The Bertz CT molecular complexity index is 787. The molecule has 0 heterocycles. The zero-order valence-electron chi connectivity index (χ0n) is 14.8. The summed E-state index contributed by atoms with van der Waals surface area (Å²) in [4.78, 5) is 23.7. The Morgan fingerprint density at radius 2 is 1.73 bits per heavy atom. The van der Waals surface area contributed by atoms with E-state index in [1.54, 1.807) is 30.3 Å². The summed E-state index contributed by atoms with van der Waals surface area (Å²) >= 11 is 0. The molecule has 6 heteroatoms. The number of nitrogens with one attached hydrogen (secondary N) is 2. The first kappa shape index (κ1) is 19.2. The number of hydrogen-bond acceptors (Lipinski definition) is 4. The highest BCUT2D eigenvalue weighted by molar-refractivity contribution is 6.02. The van der Waals surface area contributed by atoms with Crippen molar-refractivity contribution in [2.45, 2.75) is 6.92 Å². The summed E-state index contributed by atoms with van der Waals surface area (Å²) in [6.07, 6.45) is 2.63. The van der Waals surface area contributed by atoms with Crippen molar-refractivity contribution >= 4 is 29.5 Å². The van der Waals surface area contributed by atoms with E-state index in [2.05, 4.69) is 10.6 Å². The summed E-state index contributed by atoms with van der Waals surface area (Å²) < 4.78 is 9.74. The van der Waals surface area contributed by atoms with Crippen molar-refractivity contribution in [2.75, 3.05) is 31.0 Å². The summed E-state index contributed by atoms with van der Waals surface area (Å²) in [5.41, 5.74) is 3.17. The van der Waals surface area contributed by atoms with Crippen molar-refractivity contribution in [3.63, 3.8) is 0 Å². The highest BCUT2D eigenvalue weighted by Gasteiger charge is 2.04. The van der Waals surface area contributed by atoms with Gasteiger partial charge in [0.1, 0.15) is 6.61 Å². The van der Waals surface area contributed by atoms with E-state index in [1.807, 2.05) is 31.2 Å². The molecule has 0 saturated heterocycles. The Morgan fingerprint density at radius 3 is 2.46 bits per heavy atom. The quantitative estimate of drug-likeness (QED) is 0.585. The average molecular weight is 354 g/mol. The van der Waals surface area contributed by atoms with Crippen molar-refractivity contribution in [3.8, 4) is 0 Å². The Balaban J connectivity index is 1.91. The second-order valence-corrected chi connectivity index (χ2v) is 5.57. The van der Waals surface area contributed by atoms with E-state index in [4.69, 9.17) is 9.47 Å². The number of anilines is 2. The van der Waals surface area contributed by atoms with E-state index in [-0.39, 0.29) is 12.5 Å². The summed E-state index contributed by atoms with van der Waals surface area (Å²) in [5.74, 6) is -0.258. The van der Waals surface area contributed by atoms with Gasteiger partial charge in [-0.1, -0.05) is 35.9 Å². The van der Waals surface area contributed by atoms with E-state index in [0.29, 0.717) is 18.0 Å². The monoisotopic (exact) mass is 354 g/mol. The molecular formula is C20H22N2O4. The molecule has 136 valence electrons. The number of benzene rings is 2. The van der Waals surface area contributed by atoms with Gasteiger partial charge < -0.3 is 14.8 Å². The average Bonchev–Trinajstić information content (AvgIpc) is 2.60. The van der Waals surface area contributed by atoms with Crippen LogP contribution < -0.4 is 10.6 Å². The lowest BCUT2D eigenvalue weighted by Crippen LogP contribution is -2.16. The highest BCUT2D eigenvalue weighted by atomic mass is 16.6.